The molecular weight excluding hydrogens is 891 g/mol. The number of para-hydroxylation sites is 6. The Morgan fingerprint density at radius 2 is 0.742 bits per heavy atom. The summed E-state index contributed by atoms with van der Waals surface area (Å²) >= 11 is -0.826. The third-order valence-electron chi connectivity index (χ3n) is 11.4. The summed E-state index contributed by atoms with van der Waals surface area (Å²) in [5.74, 6) is 2.09. The maximum absolute atomic E-state index is 12.0. The van der Waals surface area contributed by atoms with E-state index in [0.29, 0.717) is 13.2 Å². The molecule has 0 saturated carbocycles. The monoisotopic (exact) mass is 932 g/mol. The number of halogens is 2. The number of aliphatic hydroxyl groups is 2. The Morgan fingerprint density at radius 1 is 0.435 bits per heavy atom. The summed E-state index contributed by atoms with van der Waals surface area (Å²) in [5, 5.41) is 28.7. The van der Waals surface area contributed by atoms with Gasteiger partial charge in [-0.2, -0.15) is 0 Å². The summed E-state index contributed by atoms with van der Waals surface area (Å²) in [6, 6.07) is 57.6. The number of benzene rings is 8. The minimum atomic E-state index is -0.826. The van der Waals surface area contributed by atoms with Crippen molar-refractivity contribution in [3.05, 3.63) is 181 Å². The van der Waals surface area contributed by atoms with Crippen LogP contribution in [0.4, 0.5) is 0 Å². The molecule has 2 heterocycles. The Bertz CT molecular complexity index is 2930. The van der Waals surface area contributed by atoms with Gasteiger partial charge in [-0.25, -0.2) is 0 Å². The molecule has 4 N–H and O–H groups in total. The molecule has 8 aromatic carbocycles. The molecule has 0 aliphatic rings. The van der Waals surface area contributed by atoms with Crippen molar-refractivity contribution in [2.24, 2.45) is 0 Å². The molecule has 0 aliphatic carbocycles. The SMILES string of the molecule is Cc1cc(-c2ccccc2[OH+]CCC[OH+]c2ccccc2-c2cc(C)cc(-n3c4ccccc4c4ccccc43)c2O)c(O)c(-n2c3ccccc3c3ccccc32)c1.[Cl][Zr][Cl]. The Kier molecular flexibility index (Phi) is 12.1. The van der Waals surface area contributed by atoms with Crippen LogP contribution in [0.15, 0.2) is 170 Å². The van der Waals surface area contributed by atoms with Crippen LogP contribution in [-0.2, 0) is 20.8 Å². The van der Waals surface area contributed by atoms with E-state index in [1.807, 2.05) is 84.9 Å². The van der Waals surface area contributed by atoms with E-state index in [4.69, 9.17) is 26.5 Å². The van der Waals surface area contributed by atoms with Crippen LogP contribution in [0.5, 0.6) is 23.0 Å². The van der Waals surface area contributed by atoms with Gasteiger partial charge in [0.2, 0.25) is 0 Å². The van der Waals surface area contributed by atoms with Crippen molar-refractivity contribution >= 4 is 60.6 Å². The molecule has 10 aromatic rings. The molecule has 6 nitrogen and oxygen atoms in total. The Morgan fingerprint density at radius 3 is 1.10 bits per heavy atom. The van der Waals surface area contributed by atoms with Gasteiger partial charge in [-0.15, -0.1) is 0 Å². The van der Waals surface area contributed by atoms with E-state index in [1.54, 1.807) is 0 Å². The summed E-state index contributed by atoms with van der Waals surface area (Å²) in [7, 11) is 9.87. The van der Waals surface area contributed by atoms with E-state index in [9.17, 15) is 10.2 Å². The normalized spacial score (nSPS) is 11.2. The van der Waals surface area contributed by atoms with E-state index in [2.05, 4.69) is 108 Å². The third kappa shape index (κ3) is 7.75. The van der Waals surface area contributed by atoms with Crippen LogP contribution in [-0.4, -0.2) is 42.0 Å². The molecule has 0 atom stereocenters. The molecule has 0 unspecified atom stereocenters. The van der Waals surface area contributed by atoms with Crippen LogP contribution in [0, 0.1) is 13.8 Å². The molecule has 0 aliphatic heterocycles. The fraction of sp³-hybridized carbons (Fsp3) is 0.0943. The zero-order chi connectivity index (χ0) is 42.7. The summed E-state index contributed by atoms with van der Waals surface area (Å²) in [4.78, 5) is 0. The molecule has 0 saturated heterocycles. The minimum absolute atomic E-state index is 0.220. The molecule has 0 bridgehead atoms. The molecule has 9 heteroatoms. The number of nitrogens with zero attached hydrogens (tertiary/aromatic N) is 2. The number of hydrogen-bond donors (Lipinski definition) is 2. The van der Waals surface area contributed by atoms with Crippen molar-refractivity contribution in [2.75, 3.05) is 13.2 Å². The quantitative estimate of drug-likeness (QED) is 0.106. The van der Waals surface area contributed by atoms with Crippen molar-refractivity contribution in [1.29, 1.82) is 0 Å². The zero-order valence-electron chi connectivity index (χ0n) is 34.2. The Balaban J connectivity index is 0.00000159. The third-order valence-corrected chi connectivity index (χ3v) is 11.4. The number of aryl methyl sites for hydroxylation is 2. The topological polar surface area (TPSA) is 75.9 Å². The average Bonchev–Trinajstić information content (AvgIpc) is 3.81. The summed E-state index contributed by atoms with van der Waals surface area (Å²) in [6.07, 6.45) is 0.724. The molecule has 0 radical (unpaired) electrons. The van der Waals surface area contributed by atoms with Gasteiger partial charge in [-0.1, -0.05) is 97.1 Å². The van der Waals surface area contributed by atoms with Gasteiger partial charge in [0.05, 0.1) is 44.6 Å². The van der Waals surface area contributed by atoms with Crippen LogP contribution < -0.4 is 0 Å². The van der Waals surface area contributed by atoms with Crippen molar-refractivity contribution in [2.45, 2.75) is 20.3 Å². The van der Waals surface area contributed by atoms with Gasteiger partial charge in [0.1, 0.15) is 17.9 Å². The van der Waals surface area contributed by atoms with Crippen molar-refractivity contribution in [1.82, 2.24) is 9.13 Å². The molecular formula is C53H44Cl2N2O4Zr+2. The second kappa shape index (κ2) is 18.2. The first kappa shape index (κ1) is 41.4. The predicted octanol–water partition coefficient (Wildman–Crippen LogP) is 14.2. The molecule has 2 aromatic heterocycles. The molecule has 62 heavy (non-hydrogen) atoms. The van der Waals surface area contributed by atoms with Crippen molar-refractivity contribution < 1.29 is 40.5 Å². The van der Waals surface area contributed by atoms with Crippen LogP contribution in [0.3, 0.4) is 0 Å². The zero-order valence-corrected chi connectivity index (χ0v) is 38.2. The first-order chi connectivity index (χ1) is 30.4. The van der Waals surface area contributed by atoms with Crippen LogP contribution in [0.2, 0.25) is 0 Å². The molecule has 0 fully saturated rings. The number of rotatable bonds is 10. The summed E-state index contributed by atoms with van der Waals surface area (Å²) < 4.78 is 14.4. The number of aromatic hydroxyl groups is 4. The van der Waals surface area contributed by atoms with E-state index in [1.165, 1.54) is 0 Å². The van der Waals surface area contributed by atoms with Gasteiger partial charge in [0.25, 0.3) is 11.5 Å². The molecule has 0 spiro atoms. The second-order valence-corrected chi connectivity index (χ2v) is 19.1. The number of phenols is 2. The number of ether oxygens (including phenoxy) is 2. The first-order valence-electron chi connectivity index (χ1n) is 20.5. The van der Waals surface area contributed by atoms with Crippen molar-refractivity contribution in [3.8, 4) is 56.6 Å². The standard InChI is InChI=1S/C53H42N2O4.2ClH.Zr/c1-34-30-42(52(56)48(32-34)54-44-22-9-3-16-36(44)37-17-4-10-23-45(37)54)40-20-7-13-26-50(40)58-28-15-29-59-51-27-14-8-21-41(51)43-31-35(2)33-49(53(43)57)55-46-24-11-5-18-38(46)39-19-6-12-25-47(39)55;;;/h3-14,16-27,30-33,56-57H,15,28-29H2,1-2H3;2*1H;/q;;;+2. The number of fused-ring (bicyclic) bond motifs is 6. The van der Waals surface area contributed by atoms with Gasteiger partial charge in [-0.05, 0) is 85.6 Å². The van der Waals surface area contributed by atoms with E-state index in [0.717, 1.165) is 106 Å². The van der Waals surface area contributed by atoms with Crippen LogP contribution in [0.1, 0.15) is 17.5 Å². The number of hydrogen-bond acceptors (Lipinski definition) is 2. The Hall–Kier alpha value is -5.98. The summed E-state index contributed by atoms with van der Waals surface area (Å²) in [5.41, 5.74) is 11.0. The maximum atomic E-state index is 12.0. The fourth-order valence-corrected chi connectivity index (χ4v) is 8.78. The Labute approximate surface area is 378 Å². The first-order valence-corrected chi connectivity index (χ1v) is 26.9. The number of aromatic nitrogens is 2. The van der Waals surface area contributed by atoms with Gasteiger partial charge in [-0.3, -0.25) is 0 Å². The van der Waals surface area contributed by atoms with Gasteiger partial charge >= 0.3 is 37.9 Å². The second-order valence-electron chi connectivity index (χ2n) is 15.3. The van der Waals surface area contributed by atoms with Gasteiger partial charge in [0, 0.05) is 44.8 Å². The van der Waals surface area contributed by atoms with Crippen LogP contribution >= 0.6 is 17.0 Å². The average molecular weight is 935 g/mol. The van der Waals surface area contributed by atoms with E-state index in [-0.39, 0.29) is 11.5 Å². The van der Waals surface area contributed by atoms with E-state index >= 15 is 0 Å². The van der Waals surface area contributed by atoms with Crippen molar-refractivity contribution in [3.63, 3.8) is 0 Å². The fourth-order valence-electron chi connectivity index (χ4n) is 8.78. The van der Waals surface area contributed by atoms with Gasteiger partial charge in [0.15, 0.2) is 13.2 Å². The molecule has 0 amide bonds. The predicted molar refractivity (Wildman–Crippen MR) is 255 cm³/mol. The summed E-state index contributed by atoms with van der Waals surface area (Å²) in [6.45, 7) is 5.26. The number of phenolic OH excluding ortho intramolecular Hbond substituents is 2. The molecule has 306 valence electrons. The molecule has 10 rings (SSSR count). The van der Waals surface area contributed by atoms with Crippen LogP contribution in [0.25, 0.3) is 77.2 Å². The van der Waals surface area contributed by atoms with E-state index < -0.39 is 20.8 Å². The van der Waals surface area contributed by atoms with Gasteiger partial charge < -0.3 is 28.8 Å².